The first-order chi connectivity index (χ1) is 12.2. The molecule has 0 bridgehead atoms. The van der Waals surface area contributed by atoms with E-state index in [1.165, 1.54) is 0 Å². The Labute approximate surface area is 149 Å². The molecule has 0 spiro atoms. The molecule has 0 aliphatic carbocycles. The molecule has 0 unspecified atom stereocenters. The summed E-state index contributed by atoms with van der Waals surface area (Å²) in [6, 6.07) is 10.9. The first-order valence-corrected chi connectivity index (χ1v) is 8.60. The molecule has 3 aromatic rings. The number of aromatic nitrogens is 1. The molecule has 25 heavy (non-hydrogen) atoms. The third kappa shape index (κ3) is 4.39. The van der Waals surface area contributed by atoms with E-state index < -0.39 is 6.10 Å². The average molecular weight is 358 g/mol. The fourth-order valence-electron chi connectivity index (χ4n) is 2.13. The van der Waals surface area contributed by atoms with Crippen LogP contribution >= 0.6 is 11.3 Å². The molecule has 3 rings (SSSR count). The molecule has 1 amide bonds. The molecule has 2 heterocycles. The van der Waals surface area contributed by atoms with E-state index in [-0.39, 0.29) is 12.5 Å². The van der Waals surface area contributed by atoms with Crippen LogP contribution in [0.15, 0.2) is 52.5 Å². The van der Waals surface area contributed by atoms with Crippen LogP contribution in [0.2, 0.25) is 0 Å². The van der Waals surface area contributed by atoms with Crippen LogP contribution in [-0.2, 0) is 11.3 Å². The van der Waals surface area contributed by atoms with E-state index in [0.29, 0.717) is 17.3 Å². The minimum absolute atomic E-state index is 0.225. The molecular weight excluding hydrogens is 340 g/mol. The zero-order chi connectivity index (χ0) is 17.6. The van der Waals surface area contributed by atoms with Gasteiger partial charge in [0.15, 0.2) is 6.10 Å². The number of oxazole rings is 1. The molecule has 1 aromatic carbocycles. The van der Waals surface area contributed by atoms with Crippen molar-refractivity contribution in [2.75, 3.05) is 7.11 Å². The van der Waals surface area contributed by atoms with Gasteiger partial charge in [-0.25, -0.2) is 4.98 Å². The summed E-state index contributed by atoms with van der Waals surface area (Å²) in [5, 5.41) is 4.75. The highest BCUT2D eigenvalue weighted by Gasteiger charge is 2.15. The Balaban J connectivity index is 1.51. The van der Waals surface area contributed by atoms with Gasteiger partial charge in [-0.3, -0.25) is 4.79 Å². The fraction of sp³-hybridized carbons (Fsp3) is 0.222. The highest BCUT2D eigenvalue weighted by Crippen LogP contribution is 2.23. The molecule has 0 saturated carbocycles. The number of benzene rings is 1. The standard InChI is InChI=1S/C18H18N2O4S/c1-12(24-15-7-5-14(22-2)6-8-15)17(21)19-10-13-11-23-18(20-13)16-4-3-9-25-16/h3-9,11-12H,10H2,1-2H3,(H,19,21)/t12-/m1/s1. The number of ether oxygens (including phenoxy) is 2. The molecule has 2 aromatic heterocycles. The third-order valence-electron chi connectivity index (χ3n) is 3.47. The van der Waals surface area contributed by atoms with E-state index in [2.05, 4.69) is 10.3 Å². The summed E-state index contributed by atoms with van der Waals surface area (Å²) in [5.41, 5.74) is 0.661. The predicted octanol–water partition coefficient (Wildman–Crippen LogP) is 3.50. The van der Waals surface area contributed by atoms with Gasteiger partial charge < -0.3 is 19.2 Å². The Morgan fingerprint density at radius 2 is 2.04 bits per heavy atom. The Hall–Kier alpha value is -2.80. The largest absolute Gasteiger partial charge is 0.497 e. The van der Waals surface area contributed by atoms with Crippen LogP contribution in [0, 0.1) is 0 Å². The van der Waals surface area contributed by atoms with Gasteiger partial charge in [-0.15, -0.1) is 11.3 Å². The molecule has 0 aliphatic rings. The van der Waals surface area contributed by atoms with Crippen molar-refractivity contribution in [2.45, 2.75) is 19.6 Å². The topological polar surface area (TPSA) is 73.6 Å². The summed E-state index contributed by atoms with van der Waals surface area (Å²) in [6.45, 7) is 1.98. The second kappa shape index (κ2) is 7.85. The minimum atomic E-state index is -0.628. The lowest BCUT2D eigenvalue weighted by Gasteiger charge is -2.14. The first kappa shape index (κ1) is 17.0. The maximum absolute atomic E-state index is 12.2. The number of thiophene rings is 1. The van der Waals surface area contributed by atoms with E-state index in [0.717, 1.165) is 10.6 Å². The number of hydrogen-bond donors (Lipinski definition) is 1. The van der Waals surface area contributed by atoms with Crippen LogP contribution in [0.5, 0.6) is 11.5 Å². The van der Waals surface area contributed by atoms with Gasteiger partial charge in [0.25, 0.3) is 5.91 Å². The maximum atomic E-state index is 12.2. The van der Waals surface area contributed by atoms with Crippen molar-refractivity contribution in [3.05, 3.63) is 53.7 Å². The molecule has 0 radical (unpaired) electrons. The Kier molecular flexibility index (Phi) is 5.35. The number of amides is 1. The van der Waals surface area contributed by atoms with E-state index in [9.17, 15) is 4.79 Å². The molecule has 7 heteroatoms. The predicted molar refractivity (Wildman–Crippen MR) is 94.7 cm³/mol. The maximum Gasteiger partial charge on any atom is 0.261 e. The third-order valence-corrected chi connectivity index (χ3v) is 4.33. The number of nitrogens with zero attached hydrogens (tertiary/aromatic N) is 1. The van der Waals surface area contributed by atoms with E-state index in [4.69, 9.17) is 13.9 Å². The zero-order valence-electron chi connectivity index (χ0n) is 13.9. The molecule has 0 aliphatic heterocycles. The molecule has 130 valence electrons. The van der Waals surface area contributed by atoms with Gasteiger partial charge in [-0.05, 0) is 42.6 Å². The summed E-state index contributed by atoms with van der Waals surface area (Å²) < 4.78 is 16.1. The van der Waals surface area contributed by atoms with Crippen molar-refractivity contribution >= 4 is 17.2 Å². The summed E-state index contributed by atoms with van der Waals surface area (Å²) in [4.78, 5) is 17.5. The lowest BCUT2D eigenvalue weighted by molar-refractivity contribution is -0.127. The van der Waals surface area contributed by atoms with E-state index in [1.54, 1.807) is 55.9 Å². The molecule has 0 fully saturated rings. The van der Waals surface area contributed by atoms with Gasteiger partial charge >= 0.3 is 0 Å². The van der Waals surface area contributed by atoms with Crippen LogP contribution in [-0.4, -0.2) is 24.1 Å². The minimum Gasteiger partial charge on any atom is -0.497 e. The zero-order valence-corrected chi connectivity index (χ0v) is 14.7. The van der Waals surface area contributed by atoms with Crippen molar-refractivity contribution in [3.8, 4) is 22.3 Å². The molecule has 1 N–H and O–H groups in total. The molecular formula is C18H18N2O4S. The van der Waals surface area contributed by atoms with Crippen molar-refractivity contribution in [1.82, 2.24) is 10.3 Å². The normalized spacial score (nSPS) is 11.8. The number of nitrogens with one attached hydrogen (secondary N) is 1. The summed E-state index contributed by atoms with van der Waals surface area (Å²) in [5.74, 6) is 1.67. The Morgan fingerprint density at radius 3 is 2.72 bits per heavy atom. The van der Waals surface area contributed by atoms with Gasteiger partial charge in [0, 0.05) is 0 Å². The van der Waals surface area contributed by atoms with Crippen LogP contribution < -0.4 is 14.8 Å². The van der Waals surface area contributed by atoms with Gasteiger partial charge in [-0.1, -0.05) is 6.07 Å². The Morgan fingerprint density at radius 1 is 1.28 bits per heavy atom. The monoisotopic (exact) mass is 358 g/mol. The lowest BCUT2D eigenvalue weighted by atomic mass is 10.3. The van der Waals surface area contributed by atoms with Crippen LogP contribution in [0.1, 0.15) is 12.6 Å². The molecule has 0 saturated heterocycles. The highest BCUT2D eigenvalue weighted by molar-refractivity contribution is 7.13. The summed E-state index contributed by atoms with van der Waals surface area (Å²) in [6.07, 6.45) is 0.918. The van der Waals surface area contributed by atoms with Gasteiger partial charge in [0.1, 0.15) is 17.8 Å². The van der Waals surface area contributed by atoms with E-state index in [1.807, 2.05) is 17.5 Å². The lowest BCUT2D eigenvalue weighted by Crippen LogP contribution is -2.35. The second-order valence-electron chi connectivity index (χ2n) is 5.27. The van der Waals surface area contributed by atoms with Crippen LogP contribution in [0.25, 0.3) is 10.8 Å². The van der Waals surface area contributed by atoms with Crippen molar-refractivity contribution in [1.29, 1.82) is 0 Å². The van der Waals surface area contributed by atoms with Gasteiger partial charge in [0.05, 0.1) is 24.2 Å². The number of hydrogen-bond acceptors (Lipinski definition) is 6. The van der Waals surface area contributed by atoms with E-state index >= 15 is 0 Å². The van der Waals surface area contributed by atoms with Crippen molar-refractivity contribution in [3.63, 3.8) is 0 Å². The summed E-state index contributed by atoms with van der Waals surface area (Å²) in [7, 11) is 1.60. The molecule has 6 nitrogen and oxygen atoms in total. The number of carbonyl (C=O) groups excluding carboxylic acids is 1. The quantitative estimate of drug-likeness (QED) is 0.700. The number of rotatable bonds is 7. The summed E-state index contributed by atoms with van der Waals surface area (Å²) >= 11 is 1.55. The SMILES string of the molecule is COc1ccc(O[C@H](C)C(=O)NCc2coc(-c3cccs3)n2)cc1. The highest BCUT2D eigenvalue weighted by atomic mass is 32.1. The second-order valence-corrected chi connectivity index (χ2v) is 6.22. The first-order valence-electron chi connectivity index (χ1n) is 7.72. The Bertz CT molecular complexity index is 812. The van der Waals surface area contributed by atoms with Crippen molar-refractivity contribution in [2.24, 2.45) is 0 Å². The van der Waals surface area contributed by atoms with Crippen molar-refractivity contribution < 1.29 is 18.7 Å². The van der Waals surface area contributed by atoms with Gasteiger partial charge in [-0.2, -0.15) is 0 Å². The smallest absolute Gasteiger partial charge is 0.261 e. The number of carbonyl (C=O) groups is 1. The number of methoxy groups -OCH3 is 1. The van der Waals surface area contributed by atoms with Gasteiger partial charge in [0.2, 0.25) is 5.89 Å². The average Bonchev–Trinajstić information content (AvgIpc) is 3.31. The van der Waals surface area contributed by atoms with Crippen LogP contribution in [0.3, 0.4) is 0 Å². The fourth-order valence-corrected chi connectivity index (χ4v) is 2.79. The van der Waals surface area contributed by atoms with Crippen LogP contribution in [0.4, 0.5) is 0 Å². The molecule has 1 atom stereocenters.